The van der Waals surface area contributed by atoms with Crippen LogP contribution in [-0.4, -0.2) is 17.1 Å². The molecule has 0 saturated heterocycles. The zero-order valence-corrected chi connectivity index (χ0v) is 16.6. The van der Waals surface area contributed by atoms with E-state index < -0.39 is 0 Å². The van der Waals surface area contributed by atoms with Crippen LogP contribution in [0.5, 0.6) is 0 Å². The predicted molar refractivity (Wildman–Crippen MR) is 122 cm³/mol. The van der Waals surface area contributed by atoms with Crippen LogP contribution in [-0.2, 0) is 12.8 Å². The van der Waals surface area contributed by atoms with Crippen molar-refractivity contribution >= 4 is 5.84 Å². The van der Waals surface area contributed by atoms with E-state index in [4.69, 9.17) is 0 Å². The molecule has 6 rings (SSSR count). The Balaban J connectivity index is 1.59. The van der Waals surface area contributed by atoms with Crippen LogP contribution in [0.3, 0.4) is 0 Å². The molecule has 0 radical (unpaired) electrons. The fourth-order valence-corrected chi connectivity index (χ4v) is 4.64. The first-order valence-corrected chi connectivity index (χ1v) is 10.4. The van der Waals surface area contributed by atoms with E-state index in [-0.39, 0.29) is 0 Å². The van der Waals surface area contributed by atoms with Gasteiger partial charge < -0.3 is 9.99 Å². The molecule has 1 aliphatic heterocycles. The summed E-state index contributed by atoms with van der Waals surface area (Å²) in [5.41, 5.74) is 16.5. The van der Waals surface area contributed by atoms with Crippen LogP contribution in [0.15, 0.2) is 89.9 Å². The number of aryl methyl sites for hydroxylation is 1. The van der Waals surface area contributed by atoms with Crippen LogP contribution in [0.2, 0.25) is 0 Å². The molecule has 0 bridgehead atoms. The molecule has 0 amide bonds. The third-order valence-electron chi connectivity index (χ3n) is 6.01. The summed E-state index contributed by atoms with van der Waals surface area (Å²) in [7, 11) is 0. The summed E-state index contributed by atoms with van der Waals surface area (Å²) in [6.45, 7) is 0.602. The first kappa shape index (κ1) is 17.2. The molecular formula is C26H22N4. The van der Waals surface area contributed by atoms with Crippen LogP contribution < -0.4 is 10.9 Å². The molecular weight excluding hydrogens is 368 g/mol. The molecule has 0 atom stereocenters. The van der Waals surface area contributed by atoms with Crippen molar-refractivity contribution in [2.75, 3.05) is 6.67 Å². The number of rotatable bonds is 3. The average Bonchev–Trinajstić information content (AvgIpc) is 3.48. The molecule has 2 N–H and O–H groups in total. The van der Waals surface area contributed by atoms with Gasteiger partial charge in [-0.2, -0.15) is 0 Å². The molecule has 2 heterocycles. The fraction of sp³-hybridized carbons (Fsp3) is 0.115. The third kappa shape index (κ3) is 2.77. The second-order valence-electron chi connectivity index (χ2n) is 7.77. The summed E-state index contributed by atoms with van der Waals surface area (Å²) in [4.78, 5) is 4.51. The van der Waals surface area contributed by atoms with Gasteiger partial charge in [0, 0.05) is 22.5 Å². The molecule has 4 nitrogen and oxygen atoms in total. The summed E-state index contributed by atoms with van der Waals surface area (Å²) in [6.07, 6.45) is 2.10. The van der Waals surface area contributed by atoms with Gasteiger partial charge in [0.15, 0.2) is 0 Å². The van der Waals surface area contributed by atoms with Gasteiger partial charge in [-0.1, -0.05) is 66.7 Å². The molecule has 2 aliphatic rings. The molecule has 4 heteroatoms. The minimum absolute atomic E-state index is 0.602. The van der Waals surface area contributed by atoms with Gasteiger partial charge >= 0.3 is 0 Å². The van der Waals surface area contributed by atoms with Gasteiger partial charge in [-0.25, -0.2) is 10.4 Å². The molecule has 0 saturated carbocycles. The number of hydrazine groups is 1. The zero-order chi connectivity index (χ0) is 19.9. The predicted octanol–water partition coefficient (Wildman–Crippen LogP) is 4.72. The van der Waals surface area contributed by atoms with Crippen molar-refractivity contribution < 1.29 is 0 Å². The molecule has 0 spiro atoms. The van der Waals surface area contributed by atoms with Crippen molar-refractivity contribution in [2.45, 2.75) is 12.8 Å². The smallest absolute Gasteiger partial charge is 0.144 e. The number of benzene rings is 3. The Morgan fingerprint density at radius 1 is 0.733 bits per heavy atom. The quantitative estimate of drug-likeness (QED) is 0.531. The highest BCUT2D eigenvalue weighted by molar-refractivity contribution is 5.99. The van der Waals surface area contributed by atoms with Gasteiger partial charge in [0.05, 0.1) is 5.69 Å². The highest BCUT2D eigenvalue weighted by Crippen LogP contribution is 2.40. The number of hydrogen-bond acceptors (Lipinski definition) is 3. The van der Waals surface area contributed by atoms with E-state index in [0.717, 1.165) is 24.2 Å². The van der Waals surface area contributed by atoms with Gasteiger partial charge in [-0.05, 0) is 47.7 Å². The topological polar surface area (TPSA) is 41.4 Å². The monoisotopic (exact) mass is 390 g/mol. The summed E-state index contributed by atoms with van der Waals surface area (Å²) in [5.74, 6) is 0.893. The first-order chi connectivity index (χ1) is 14.9. The van der Waals surface area contributed by atoms with E-state index in [9.17, 15) is 0 Å². The minimum atomic E-state index is 0.602. The lowest BCUT2D eigenvalue weighted by Crippen LogP contribution is -2.30. The Morgan fingerprint density at radius 2 is 1.57 bits per heavy atom. The van der Waals surface area contributed by atoms with Crippen LogP contribution >= 0.6 is 0 Å². The highest BCUT2D eigenvalue weighted by Gasteiger charge is 2.24. The Labute approximate surface area is 175 Å². The Hall–Kier alpha value is -3.63. The maximum Gasteiger partial charge on any atom is 0.144 e. The molecule has 0 unspecified atom stereocenters. The summed E-state index contributed by atoms with van der Waals surface area (Å²) < 4.78 is 2.44. The number of aromatic nitrogens is 1. The van der Waals surface area contributed by atoms with Gasteiger partial charge in [0.1, 0.15) is 12.5 Å². The largest absolute Gasteiger partial charge is 0.313 e. The van der Waals surface area contributed by atoms with Gasteiger partial charge in [0.25, 0.3) is 0 Å². The summed E-state index contributed by atoms with van der Waals surface area (Å²) in [6, 6.07) is 30.5. The molecule has 0 fully saturated rings. The van der Waals surface area contributed by atoms with Crippen molar-refractivity contribution in [3.63, 3.8) is 0 Å². The van der Waals surface area contributed by atoms with Crippen molar-refractivity contribution in [3.05, 3.63) is 102 Å². The van der Waals surface area contributed by atoms with E-state index in [2.05, 4.69) is 105 Å². The third-order valence-corrected chi connectivity index (χ3v) is 6.01. The normalized spacial score (nSPS) is 14.6. The Bertz CT molecular complexity index is 1270. The van der Waals surface area contributed by atoms with E-state index in [1.807, 2.05) is 0 Å². The number of aliphatic imine (C=N–C) groups is 1. The lowest BCUT2D eigenvalue weighted by Gasteiger charge is -2.20. The van der Waals surface area contributed by atoms with Crippen molar-refractivity contribution in [1.29, 1.82) is 0 Å². The van der Waals surface area contributed by atoms with E-state index in [0.29, 0.717) is 6.67 Å². The standard InChI is InChI=1S/C26H22N4/c1-2-8-19(9-3-1)25-16-23-22-12-5-4-7-18(22)13-14-24(23)30(25)21-11-6-10-20(15-21)26-27-17-28-29-26/h1-12,15-16,28H,13-14,17H2,(H,27,29). The summed E-state index contributed by atoms with van der Waals surface area (Å²) >= 11 is 0. The number of amidine groups is 1. The molecule has 4 aromatic rings. The first-order valence-electron chi connectivity index (χ1n) is 10.4. The molecule has 30 heavy (non-hydrogen) atoms. The molecule has 1 aliphatic carbocycles. The van der Waals surface area contributed by atoms with E-state index in [1.165, 1.54) is 39.3 Å². The van der Waals surface area contributed by atoms with Gasteiger partial charge in [-0.15, -0.1) is 0 Å². The van der Waals surface area contributed by atoms with Crippen LogP contribution in [0, 0.1) is 0 Å². The maximum absolute atomic E-state index is 4.51. The SMILES string of the molecule is c1ccc(-c2cc3c(n2-c2cccc(C4=NCNN4)c2)CCc2ccccc2-3)cc1. The second kappa shape index (κ2) is 7.01. The highest BCUT2D eigenvalue weighted by atomic mass is 15.5. The molecule has 3 aromatic carbocycles. The second-order valence-corrected chi connectivity index (χ2v) is 7.77. The van der Waals surface area contributed by atoms with Crippen molar-refractivity contribution in [2.24, 2.45) is 4.99 Å². The van der Waals surface area contributed by atoms with Crippen LogP contribution in [0.25, 0.3) is 28.1 Å². The van der Waals surface area contributed by atoms with Crippen LogP contribution in [0.4, 0.5) is 0 Å². The minimum Gasteiger partial charge on any atom is -0.313 e. The number of nitrogens with zero attached hydrogens (tertiary/aromatic N) is 2. The maximum atomic E-state index is 4.51. The van der Waals surface area contributed by atoms with Crippen LogP contribution in [0.1, 0.15) is 16.8 Å². The van der Waals surface area contributed by atoms with E-state index >= 15 is 0 Å². The fourth-order valence-electron chi connectivity index (χ4n) is 4.64. The number of fused-ring (bicyclic) bond motifs is 3. The van der Waals surface area contributed by atoms with Gasteiger partial charge in [0.2, 0.25) is 0 Å². The Kier molecular flexibility index (Phi) is 4.03. The lowest BCUT2D eigenvalue weighted by molar-refractivity contribution is 0.727. The summed E-state index contributed by atoms with van der Waals surface area (Å²) in [5, 5.41) is 0. The molecule has 1 aromatic heterocycles. The average molecular weight is 390 g/mol. The Morgan fingerprint density at radius 3 is 2.43 bits per heavy atom. The van der Waals surface area contributed by atoms with Gasteiger partial charge in [-0.3, -0.25) is 0 Å². The van der Waals surface area contributed by atoms with E-state index in [1.54, 1.807) is 0 Å². The lowest BCUT2D eigenvalue weighted by atomic mass is 9.90. The molecule has 146 valence electrons. The number of hydrogen-bond donors (Lipinski definition) is 2. The van der Waals surface area contributed by atoms with Crippen molar-refractivity contribution in [1.82, 2.24) is 15.4 Å². The zero-order valence-electron chi connectivity index (χ0n) is 16.6. The van der Waals surface area contributed by atoms with Crippen molar-refractivity contribution in [3.8, 4) is 28.1 Å². The number of nitrogens with one attached hydrogen (secondary N) is 2.